The van der Waals surface area contributed by atoms with E-state index < -0.39 is 21.7 Å². The summed E-state index contributed by atoms with van der Waals surface area (Å²) in [7, 11) is -4.17. The van der Waals surface area contributed by atoms with Gasteiger partial charge in [0.1, 0.15) is 5.82 Å². The Morgan fingerprint density at radius 2 is 1.84 bits per heavy atom. The Hall–Kier alpha value is -0.410. The smallest absolute Gasteiger partial charge is 0.858 e. The number of sulfonamides is 1. The molecule has 25 heavy (non-hydrogen) atoms. The maximum atomic E-state index is 13.0. The largest absolute Gasteiger partial charge is 1.00 e. The van der Waals surface area contributed by atoms with E-state index in [4.69, 9.17) is 23.2 Å². The number of halogens is 4. The molecular formula is C15H8BrCl2FNNaO3S. The van der Waals surface area contributed by atoms with E-state index in [9.17, 15) is 17.9 Å². The van der Waals surface area contributed by atoms with Crippen LogP contribution in [0, 0.1) is 5.82 Å². The van der Waals surface area contributed by atoms with Gasteiger partial charge in [-0.3, -0.25) is 0 Å². The number of nitrogens with zero attached hydrogens (tertiary/aromatic N) is 1. The molecule has 0 N–H and O–H groups in total. The third kappa shape index (κ3) is 6.67. The van der Waals surface area contributed by atoms with Crippen molar-refractivity contribution < 1.29 is 47.5 Å². The molecule has 0 aromatic heterocycles. The van der Waals surface area contributed by atoms with E-state index in [2.05, 4.69) is 20.3 Å². The fraction of sp³-hybridized carbons (Fsp3) is 0. The van der Waals surface area contributed by atoms with Crippen LogP contribution in [0.3, 0.4) is 0 Å². The summed E-state index contributed by atoms with van der Waals surface area (Å²) in [6.07, 6.45) is 1.23. The van der Waals surface area contributed by atoms with Crippen molar-refractivity contribution in [1.29, 1.82) is 0 Å². The molecule has 0 aliphatic rings. The van der Waals surface area contributed by atoms with E-state index in [1.165, 1.54) is 18.2 Å². The van der Waals surface area contributed by atoms with Crippen LogP contribution in [0.5, 0.6) is 0 Å². The summed E-state index contributed by atoms with van der Waals surface area (Å²) in [4.78, 5) is 0. The third-order valence-electron chi connectivity index (χ3n) is 2.75. The zero-order chi connectivity index (χ0) is 17.9. The van der Waals surface area contributed by atoms with Crippen molar-refractivity contribution in [1.82, 2.24) is 0 Å². The summed E-state index contributed by atoms with van der Waals surface area (Å²) < 4.78 is 40.1. The molecule has 2 aromatic rings. The van der Waals surface area contributed by atoms with Crippen LogP contribution >= 0.6 is 39.1 Å². The van der Waals surface area contributed by atoms with Crippen LogP contribution in [0.1, 0.15) is 11.1 Å². The first kappa shape index (κ1) is 22.6. The molecule has 2 aromatic carbocycles. The third-order valence-corrected chi connectivity index (χ3v) is 5.04. The van der Waals surface area contributed by atoms with Crippen LogP contribution in [-0.2, 0) is 10.0 Å². The maximum Gasteiger partial charge on any atom is 1.00 e. The van der Waals surface area contributed by atoms with Crippen LogP contribution in [-0.4, -0.2) is 14.3 Å². The molecule has 0 aliphatic carbocycles. The van der Waals surface area contributed by atoms with Gasteiger partial charge in [0.2, 0.25) is 0 Å². The standard InChI is InChI=1S/C15H9BrCl2FNO3S.Na/c16-12-8-10(19)2-3-11(12)15(21)20-24(22,23)6-5-9-1-4-13(17)14(18)7-9;/h1-8H,(H,20,21);/q;+1/p-1/b6-5+;. The molecule has 0 atom stereocenters. The predicted octanol–water partition coefficient (Wildman–Crippen LogP) is 1.01. The van der Waals surface area contributed by atoms with Crippen LogP contribution in [0.4, 0.5) is 4.39 Å². The van der Waals surface area contributed by atoms with Gasteiger partial charge in [-0.2, -0.15) is 12.8 Å². The summed E-state index contributed by atoms with van der Waals surface area (Å²) in [6.45, 7) is 0. The van der Waals surface area contributed by atoms with Crippen molar-refractivity contribution in [2.75, 3.05) is 0 Å². The average molecular weight is 475 g/mol. The Bertz CT molecular complexity index is 952. The molecular weight excluding hydrogens is 467 g/mol. The van der Waals surface area contributed by atoms with Gasteiger partial charge in [0.05, 0.1) is 15.5 Å². The molecule has 0 saturated carbocycles. The second-order valence-electron chi connectivity index (χ2n) is 4.51. The molecule has 4 nitrogen and oxygen atoms in total. The van der Waals surface area contributed by atoms with Crippen molar-refractivity contribution in [2.45, 2.75) is 0 Å². The van der Waals surface area contributed by atoms with Crippen LogP contribution < -0.4 is 34.7 Å². The van der Waals surface area contributed by atoms with E-state index >= 15 is 0 Å². The molecule has 0 bridgehead atoms. The second-order valence-corrected chi connectivity index (χ2v) is 7.67. The maximum absolute atomic E-state index is 13.0. The zero-order valence-electron chi connectivity index (χ0n) is 12.7. The van der Waals surface area contributed by atoms with Gasteiger partial charge < -0.3 is 5.11 Å². The molecule has 126 valence electrons. The molecule has 0 amide bonds. The zero-order valence-corrected chi connectivity index (χ0v) is 18.6. The Morgan fingerprint density at radius 3 is 2.44 bits per heavy atom. The predicted molar refractivity (Wildman–Crippen MR) is 95.1 cm³/mol. The van der Waals surface area contributed by atoms with Crippen LogP contribution in [0.15, 0.2) is 50.7 Å². The Kier molecular flexibility index (Phi) is 8.60. The molecule has 0 fully saturated rings. The van der Waals surface area contributed by atoms with E-state index in [-0.39, 0.29) is 44.6 Å². The first-order valence-corrected chi connectivity index (χ1v) is 9.34. The van der Waals surface area contributed by atoms with E-state index in [1.54, 1.807) is 6.07 Å². The van der Waals surface area contributed by atoms with Gasteiger partial charge >= 0.3 is 29.6 Å². The molecule has 0 saturated heterocycles. The fourth-order valence-corrected chi connectivity index (χ4v) is 3.19. The first-order chi connectivity index (χ1) is 11.2. The summed E-state index contributed by atoms with van der Waals surface area (Å²) in [5, 5.41) is 13.3. The molecule has 0 radical (unpaired) electrons. The Labute approximate surface area is 184 Å². The summed E-state index contributed by atoms with van der Waals surface area (Å²) in [5.74, 6) is -1.58. The van der Waals surface area contributed by atoms with Gasteiger partial charge in [-0.25, -0.2) is 4.39 Å². The van der Waals surface area contributed by atoms with Crippen LogP contribution in [0.25, 0.3) is 6.08 Å². The van der Waals surface area contributed by atoms with E-state index in [0.29, 0.717) is 10.6 Å². The van der Waals surface area contributed by atoms with Crippen molar-refractivity contribution in [3.63, 3.8) is 0 Å². The Balaban J connectivity index is 0.00000312. The van der Waals surface area contributed by atoms with Gasteiger partial charge in [0.15, 0.2) is 0 Å². The number of hydrogen-bond donors (Lipinski definition) is 0. The van der Waals surface area contributed by atoms with Gasteiger partial charge in [-0.15, -0.1) is 0 Å². The van der Waals surface area contributed by atoms with Crippen LogP contribution in [0.2, 0.25) is 10.0 Å². The van der Waals surface area contributed by atoms with E-state index in [1.807, 2.05) is 0 Å². The monoisotopic (exact) mass is 473 g/mol. The van der Waals surface area contributed by atoms with Gasteiger partial charge in [0.25, 0.3) is 10.0 Å². The summed E-state index contributed by atoms with van der Waals surface area (Å²) in [6, 6.07) is 7.75. The average Bonchev–Trinajstić information content (AvgIpc) is 2.48. The van der Waals surface area contributed by atoms with Crippen molar-refractivity contribution in [3.05, 3.63) is 73.3 Å². The van der Waals surface area contributed by atoms with Crippen molar-refractivity contribution in [3.8, 4) is 0 Å². The molecule has 0 unspecified atom stereocenters. The second kappa shape index (κ2) is 9.50. The molecule has 0 spiro atoms. The fourth-order valence-electron chi connectivity index (χ4n) is 1.64. The minimum Gasteiger partial charge on any atom is -0.858 e. The summed E-state index contributed by atoms with van der Waals surface area (Å²) in [5.41, 5.74) is 0.404. The molecule has 2 rings (SSSR count). The molecule has 10 heteroatoms. The van der Waals surface area contributed by atoms with Gasteiger partial charge in [0, 0.05) is 15.9 Å². The first-order valence-electron chi connectivity index (χ1n) is 6.28. The topological polar surface area (TPSA) is 69.6 Å². The summed E-state index contributed by atoms with van der Waals surface area (Å²) >= 11 is 14.6. The van der Waals surface area contributed by atoms with Crippen molar-refractivity contribution >= 4 is 61.1 Å². The quantitative estimate of drug-likeness (QED) is 0.377. The number of hydrogen-bond acceptors (Lipinski definition) is 3. The number of benzene rings is 2. The minimum atomic E-state index is -4.17. The van der Waals surface area contributed by atoms with E-state index in [0.717, 1.165) is 23.6 Å². The SMILES string of the molecule is O=S(=O)(/C=C/c1ccc(Cl)c(Cl)c1)/N=C(\[O-])c1ccc(F)cc1Br.[Na+]. The molecule has 0 aliphatic heterocycles. The van der Waals surface area contributed by atoms with Crippen molar-refractivity contribution in [2.24, 2.45) is 4.40 Å². The minimum absolute atomic E-state index is 0. The normalized spacial score (nSPS) is 12.2. The van der Waals surface area contributed by atoms with Gasteiger partial charge in [-0.05, 0) is 42.0 Å². The van der Waals surface area contributed by atoms with Gasteiger partial charge in [-0.1, -0.05) is 45.2 Å². The number of rotatable bonds is 4. The molecule has 0 heterocycles. The Morgan fingerprint density at radius 1 is 1.16 bits per heavy atom.